The van der Waals surface area contributed by atoms with E-state index in [1.54, 1.807) is 13.1 Å². The lowest BCUT2D eigenvalue weighted by molar-refractivity contribution is 0.0518. The zero-order chi connectivity index (χ0) is 21.1. The van der Waals surface area contributed by atoms with Crippen molar-refractivity contribution in [3.8, 4) is 0 Å². The Balaban J connectivity index is 1.98. The van der Waals surface area contributed by atoms with Gasteiger partial charge in [-0.3, -0.25) is 0 Å². The highest BCUT2D eigenvalue weighted by Crippen LogP contribution is 2.42. The second-order valence-electron chi connectivity index (χ2n) is 7.40. The Morgan fingerprint density at radius 2 is 2.17 bits per heavy atom. The number of carbonyl (C=O) groups is 1. The Hall–Kier alpha value is -1.84. The SMILES string of the molecule is CCOC(=O)c1ccnc([C@@]2(Cc3cccc(Br)c3)CC[C@H](NS(C)(=O)=O)C2)n1. The number of halogens is 1. The molecule has 1 aromatic heterocycles. The van der Waals surface area contributed by atoms with Crippen molar-refractivity contribution in [1.82, 2.24) is 14.7 Å². The van der Waals surface area contributed by atoms with Gasteiger partial charge in [0.1, 0.15) is 5.82 Å². The summed E-state index contributed by atoms with van der Waals surface area (Å²) in [6.07, 6.45) is 5.31. The van der Waals surface area contributed by atoms with Crippen LogP contribution in [0.4, 0.5) is 0 Å². The minimum Gasteiger partial charge on any atom is -0.461 e. The number of hydrogen-bond acceptors (Lipinski definition) is 6. The third-order valence-corrected chi connectivity index (χ3v) is 6.29. The molecule has 1 aliphatic rings. The summed E-state index contributed by atoms with van der Waals surface area (Å²) in [5, 5.41) is 0. The summed E-state index contributed by atoms with van der Waals surface area (Å²) in [6.45, 7) is 2.01. The van der Waals surface area contributed by atoms with Gasteiger partial charge in [0.2, 0.25) is 10.0 Å². The topological polar surface area (TPSA) is 98.2 Å². The third kappa shape index (κ3) is 5.61. The van der Waals surface area contributed by atoms with Gasteiger partial charge in [-0.05, 0) is 56.4 Å². The standard InChI is InChI=1S/C20H24BrN3O4S/c1-3-28-18(25)17-8-10-22-19(23-17)20(12-14-5-4-6-15(21)11-14)9-7-16(13-20)24-29(2,26)27/h4-6,8,10-11,16,24H,3,7,9,12-13H2,1-2H3/t16-,20+/m0/s1. The number of aromatic nitrogens is 2. The molecule has 0 amide bonds. The van der Waals surface area contributed by atoms with Crippen molar-refractivity contribution in [2.75, 3.05) is 12.9 Å². The fourth-order valence-electron chi connectivity index (χ4n) is 3.94. The molecule has 7 nitrogen and oxygen atoms in total. The predicted molar refractivity (Wildman–Crippen MR) is 113 cm³/mol. The number of nitrogens with one attached hydrogen (secondary N) is 1. The Bertz CT molecular complexity index is 999. The van der Waals surface area contributed by atoms with Crippen molar-refractivity contribution in [3.63, 3.8) is 0 Å². The molecule has 1 heterocycles. The fraction of sp³-hybridized carbons (Fsp3) is 0.450. The molecule has 29 heavy (non-hydrogen) atoms. The van der Waals surface area contributed by atoms with Crippen molar-refractivity contribution >= 4 is 31.9 Å². The molecule has 156 valence electrons. The molecule has 0 unspecified atom stereocenters. The molecule has 0 saturated heterocycles. The molecule has 0 aliphatic heterocycles. The fourth-order valence-corrected chi connectivity index (χ4v) is 5.20. The maximum Gasteiger partial charge on any atom is 0.357 e. The van der Waals surface area contributed by atoms with Crippen LogP contribution in [0, 0.1) is 0 Å². The van der Waals surface area contributed by atoms with Gasteiger partial charge in [0.05, 0.1) is 12.9 Å². The predicted octanol–water partition coefficient (Wildman–Crippen LogP) is 3.00. The normalized spacial score (nSPS) is 21.8. The second-order valence-corrected chi connectivity index (χ2v) is 10.1. The number of rotatable bonds is 7. The van der Waals surface area contributed by atoms with Gasteiger partial charge in [0, 0.05) is 22.1 Å². The van der Waals surface area contributed by atoms with Crippen LogP contribution in [0.1, 0.15) is 48.1 Å². The number of ether oxygens (including phenoxy) is 1. The molecule has 1 aliphatic carbocycles. The van der Waals surface area contributed by atoms with Crippen LogP contribution in [0.25, 0.3) is 0 Å². The Kier molecular flexibility index (Phi) is 6.70. The van der Waals surface area contributed by atoms with Crippen LogP contribution in [0.5, 0.6) is 0 Å². The number of esters is 1. The van der Waals surface area contributed by atoms with Gasteiger partial charge in [0.15, 0.2) is 5.69 Å². The average molecular weight is 482 g/mol. The maximum atomic E-state index is 12.2. The first-order chi connectivity index (χ1) is 13.7. The van der Waals surface area contributed by atoms with E-state index in [1.807, 2.05) is 24.3 Å². The number of sulfonamides is 1. The van der Waals surface area contributed by atoms with E-state index < -0.39 is 21.4 Å². The zero-order valence-corrected chi connectivity index (χ0v) is 18.8. The maximum absolute atomic E-state index is 12.2. The highest BCUT2D eigenvalue weighted by Gasteiger charge is 2.44. The van der Waals surface area contributed by atoms with E-state index in [-0.39, 0.29) is 18.3 Å². The summed E-state index contributed by atoms with van der Waals surface area (Å²) in [4.78, 5) is 21.2. The van der Waals surface area contributed by atoms with Crippen LogP contribution < -0.4 is 4.72 Å². The van der Waals surface area contributed by atoms with Gasteiger partial charge in [-0.2, -0.15) is 0 Å². The van der Waals surface area contributed by atoms with E-state index in [0.29, 0.717) is 31.5 Å². The summed E-state index contributed by atoms with van der Waals surface area (Å²) in [5.41, 5.74) is 0.820. The quantitative estimate of drug-likeness (QED) is 0.610. The van der Waals surface area contributed by atoms with Gasteiger partial charge in [-0.15, -0.1) is 0 Å². The molecule has 9 heteroatoms. The van der Waals surface area contributed by atoms with E-state index in [4.69, 9.17) is 4.74 Å². The number of nitrogens with zero attached hydrogens (tertiary/aromatic N) is 2. The van der Waals surface area contributed by atoms with E-state index >= 15 is 0 Å². The van der Waals surface area contributed by atoms with Gasteiger partial charge in [-0.1, -0.05) is 28.1 Å². The smallest absolute Gasteiger partial charge is 0.357 e. The Labute approximate surface area is 179 Å². The van der Waals surface area contributed by atoms with Crippen molar-refractivity contribution in [2.45, 2.75) is 44.1 Å². The van der Waals surface area contributed by atoms with Crippen LogP contribution in [0.2, 0.25) is 0 Å². The molecule has 0 bridgehead atoms. The van der Waals surface area contributed by atoms with Crippen molar-refractivity contribution in [1.29, 1.82) is 0 Å². The van der Waals surface area contributed by atoms with Gasteiger partial charge in [-0.25, -0.2) is 27.9 Å². The summed E-state index contributed by atoms with van der Waals surface area (Å²) in [7, 11) is -3.32. The first kappa shape index (κ1) is 21.9. The second kappa shape index (κ2) is 8.89. The zero-order valence-electron chi connectivity index (χ0n) is 16.4. The lowest BCUT2D eigenvalue weighted by Crippen LogP contribution is -2.36. The van der Waals surface area contributed by atoms with Gasteiger partial charge < -0.3 is 4.74 Å². The van der Waals surface area contributed by atoms with Crippen molar-refractivity contribution in [2.24, 2.45) is 0 Å². The van der Waals surface area contributed by atoms with E-state index in [9.17, 15) is 13.2 Å². The van der Waals surface area contributed by atoms with Crippen LogP contribution in [0.15, 0.2) is 41.0 Å². The minimum absolute atomic E-state index is 0.202. The molecule has 0 radical (unpaired) electrons. The largest absolute Gasteiger partial charge is 0.461 e. The van der Waals surface area contributed by atoms with Crippen LogP contribution in [0.3, 0.4) is 0 Å². The highest BCUT2D eigenvalue weighted by atomic mass is 79.9. The molecule has 1 saturated carbocycles. The molecule has 1 fully saturated rings. The van der Waals surface area contributed by atoms with E-state index in [1.165, 1.54) is 12.3 Å². The third-order valence-electron chi connectivity index (χ3n) is 5.04. The van der Waals surface area contributed by atoms with Crippen LogP contribution in [-0.4, -0.2) is 43.3 Å². The molecule has 2 atom stereocenters. The monoisotopic (exact) mass is 481 g/mol. The molecule has 3 rings (SSSR count). The first-order valence-electron chi connectivity index (χ1n) is 9.43. The molecular weight excluding hydrogens is 458 g/mol. The molecule has 1 aromatic carbocycles. The van der Waals surface area contributed by atoms with Gasteiger partial charge >= 0.3 is 5.97 Å². The average Bonchev–Trinajstić information content (AvgIpc) is 3.04. The van der Waals surface area contributed by atoms with E-state index in [0.717, 1.165) is 10.0 Å². The number of hydrogen-bond donors (Lipinski definition) is 1. The lowest BCUT2D eigenvalue weighted by atomic mass is 9.78. The van der Waals surface area contributed by atoms with E-state index in [2.05, 4.69) is 30.6 Å². The molecule has 1 N–H and O–H groups in total. The first-order valence-corrected chi connectivity index (χ1v) is 12.1. The van der Waals surface area contributed by atoms with Crippen molar-refractivity contribution < 1.29 is 17.9 Å². The van der Waals surface area contributed by atoms with Gasteiger partial charge in [0.25, 0.3) is 0 Å². The summed E-state index contributed by atoms with van der Waals surface area (Å²) < 4.78 is 32.2. The Morgan fingerprint density at radius 1 is 1.38 bits per heavy atom. The molecule has 2 aromatic rings. The summed E-state index contributed by atoms with van der Waals surface area (Å²) in [6, 6.07) is 9.32. The highest BCUT2D eigenvalue weighted by molar-refractivity contribution is 9.10. The van der Waals surface area contributed by atoms with Crippen LogP contribution >= 0.6 is 15.9 Å². The molecule has 0 spiro atoms. The number of carbonyl (C=O) groups excluding carboxylic acids is 1. The summed E-state index contributed by atoms with van der Waals surface area (Å²) >= 11 is 3.50. The minimum atomic E-state index is -3.32. The Morgan fingerprint density at radius 3 is 2.86 bits per heavy atom. The lowest BCUT2D eigenvalue weighted by Gasteiger charge is -2.28. The number of benzene rings is 1. The van der Waals surface area contributed by atoms with Crippen molar-refractivity contribution in [3.05, 3.63) is 58.1 Å². The van der Waals surface area contributed by atoms with Crippen LogP contribution in [-0.2, 0) is 26.6 Å². The molecular formula is C20H24BrN3O4S. The summed E-state index contributed by atoms with van der Waals surface area (Å²) in [5.74, 6) is 0.0541.